The molecule has 1 amide bonds. The Balaban J connectivity index is 1.55. The highest BCUT2D eigenvalue weighted by molar-refractivity contribution is 5.92. The lowest BCUT2D eigenvalue weighted by molar-refractivity contribution is -0.144. The zero-order chi connectivity index (χ0) is 18.2. The average Bonchev–Trinajstić information content (AvgIpc) is 3.42. The number of rotatable bonds is 6. The van der Waals surface area contributed by atoms with E-state index in [0.717, 1.165) is 50.6 Å². The fourth-order valence-electron chi connectivity index (χ4n) is 5.06. The van der Waals surface area contributed by atoms with Crippen molar-refractivity contribution in [2.75, 3.05) is 26.9 Å². The maximum Gasteiger partial charge on any atom is 0.233 e. The molecule has 0 spiro atoms. The summed E-state index contributed by atoms with van der Waals surface area (Å²) >= 11 is 0. The first-order chi connectivity index (χ1) is 12.6. The van der Waals surface area contributed by atoms with Crippen LogP contribution in [0.3, 0.4) is 0 Å². The van der Waals surface area contributed by atoms with Crippen molar-refractivity contribution in [2.24, 2.45) is 0 Å². The van der Waals surface area contributed by atoms with Gasteiger partial charge in [-0.1, -0.05) is 30.3 Å². The minimum Gasteiger partial charge on any atom is -0.394 e. The van der Waals surface area contributed by atoms with Crippen LogP contribution in [-0.4, -0.2) is 60.5 Å². The molecular weight excluding hydrogens is 330 g/mol. The van der Waals surface area contributed by atoms with Gasteiger partial charge in [0.15, 0.2) is 0 Å². The van der Waals surface area contributed by atoms with Crippen LogP contribution in [0.25, 0.3) is 0 Å². The Bertz CT molecular complexity index is 645. The van der Waals surface area contributed by atoms with E-state index in [1.165, 1.54) is 0 Å². The van der Waals surface area contributed by atoms with E-state index < -0.39 is 0 Å². The predicted octanol–water partition coefficient (Wildman–Crippen LogP) is 2.27. The largest absolute Gasteiger partial charge is 0.394 e. The van der Waals surface area contributed by atoms with Crippen molar-refractivity contribution in [2.45, 2.75) is 61.7 Å². The lowest BCUT2D eigenvalue weighted by atomic mass is 9.78. The van der Waals surface area contributed by atoms with Crippen LogP contribution >= 0.6 is 0 Å². The van der Waals surface area contributed by atoms with Crippen molar-refractivity contribution in [1.82, 2.24) is 4.90 Å². The second-order valence-electron chi connectivity index (χ2n) is 7.97. The smallest absolute Gasteiger partial charge is 0.233 e. The Morgan fingerprint density at radius 1 is 1.23 bits per heavy atom. The van der Waals surface area contributed by atoms with E-state index in [1.807, 2.05) is 18.2 Å². The SMILES string of the molecule is CO[C@@]12CC[C@H](OCCO)C[C@@H]1N(C(=O)C1(c3ccccc3)CC1)CC2. The van der Waals surface area contributed by atoms with Crippen LogP contribution in [0.15, 0.2) is 30.3 Å². The number of fused-ring (bicyclic) bond motifs is 1. The van der Waals surface area contributed by atoms with Crippen molar-refractivity contribution in [3.05, 3.63) is 35.9 Å². The molecule has 5 heteroatoms. The van der Waals surface area contributed by atoms with E-state index in [9.17, 15) is 4.79 Å². The number of amides is 1. The van der Waals surface area contributed by atoms with E-state index in [0.29, 0.717) is 6.61 Å². The third kappa shape index (κ3) is 2.86. The van der Waals surface area contributed by atoms with Crippen molar-refractivity contribution in [1.29, 1.82) is 0 Å². The van der Waals surface area contributed by atoms with Crippen molar-refractivity contribution < 1.29 is 19.4 Å². The van der Waals surface area contributed by atoms with E-state index in [-0.39, 0.29) is 35.7 Å². The molecule has 26 heavy (non-hydrogen) atoms. The van der Waals surface area contributed by atoms with Crippen LogP contribution in [-0.2, 0) is 19.7 Å². The summed E-state index contributed by atoms with van der Waals surface area (Å²) in [5, 5.41) is 9.05. The number of likely N-dealkylation sites (tertiary alicyclic amines) is 1. The molecule has 1 heterocycles. The lowest BCUT2D eigenvalue weighted by Gasteiger charge is -2.44. The first kappa shape index (κ1) is 18.0. The fraction of sp³-hybridized carbons (Fsp3) is 0.667. The van der Waals surface area contributed by atoms with Crippen molar-refractivity contribution in [3.63, 3.8) is 0 Å². The van der Waals surface area contributed by atoms with E-state index in [4.69, 9.17) is 14.6 Å². The molecule has 3 aliphatic rings. The van der Waals surface area contributed by atoms with Gasteiger partial charge in [0.1, 0.15) is 0 Å². The highest BCUT2D eigenvalue weighted by atomic mass is 16.5. The Labute approximate surface area is 155 Å². The molecule has 1 aromatic rings. The zero-order valence-corrected chi connectivity index (χ0v) is 15.5. The molecule has 0 bridgehead atoms. The first-order valence-electron chi connectivity index (χ1n) is 9.79. The number of carbonyl (C=O) groups excluding carboxylic acids is 1. The number of methoxy groups -OCH3 is 1. The van der Waals surface area contributed by atoms with Gasteiger partial charge in [-0.05, 0) is 44.1 Å². The number of carbonyl (C=O) groups is 1. The van der Waals surface area contributed by atoms with Crippen molar-refractivity contribution in [3.8, 4) is 0 Å². The van der Waals surface area contributed by atoms with Crippen LogP contribution in [0.4, 0.5) is 0 Å². The van der Waals surface area contributed by atoms with Gasteiger partial charge in [-0.2, -0.15) is 0 Å². The van der Waals surface area contributed by atoms with E-state index >= 15 is 0 Å². The summed E-state index contributed by atoms with van der Waals surface area (Å²) in [5.74, 6) is 0.260. The molecule has 4 rings (SSSR count). The van der Waals surface area contributed by atoms with Crippen LogP contribution < -0.4 is 0 Å². The summed E-state index contributed by atoms with van der Waals surface area (Å²) in [6, 6.07) is 10.3. The Morgan fingerprint density at radius 3 is 2.65 bits per heavy atom. The maximum atomic E-state index is 13.6. The maximum absolute atomic E-state index is 13.6. The summed E-state index contributed by atoms with van der Waals surface area (Å²) in [6.07, 6.45) is 5.49. The summed E-state index contributed by atoms with van der Waals surface area (Å²) < 4.78 is 11.8. The van der Waals surface area contributed by atoms with Gasteiger partial charge in [-0.15, -0.1) is 0 Å². The average molecular weight is 359 g/mol. The fourth-order valence-corrected chi connectivity index (χ4v) is 5.06. The van der Waals surface area contributed by atoms with Gasteiger partial charge in [-0.3, -0.25) is 4.79 Å². The molecule has 2 saturated carbocycles. The van der Waals surface area contributed by atoms with Crippen LogP contribution in [0.5, 0.6) is 0 Å². The number of benzene rings is 1. The normalized spacial score (nSPS) is 32.3. The van der Waals surface area contributed by atoms with Gasteiger partial charge in [-0.25, -0.2) is 0 Å². The Kier molecular flexibility index (Phi) is 4.80. The summed E-state index contributed by atoms with van der Waals surface area (Å²) in [4.78, 5) is 15.6. The number of hydrogen-bond donors (Lipinski definition) is 1. The number of aliphatic hydroxyl groups excluding tert-OH is 1. The molecule has 0 aromatic heterocycles. The molecule has 1 aromatic carbocycles. The highest BCUT2D eigenvalue weighted by Crippen LogP contribution is 2.52. The zero-order valence-electron chi connectivity index (χ0n) is 15.5. The molecule has 3 atom stereocenters. The highest BCUT2D eigenvalue weighted by Gasteiger charge is 2.59. The minimum absolute atomic E-state index is 0.0380. The molecule has 0 radical (unpaired) electrons. The lowest BCUT2D eigenvalue weighted by Crippen LogP contribution is -2.54. The predicted molar refractivity (Wildman–Crippen MR) is 97.9 cm³/mol. The minimum atomic E-state index is -0.329. The Hall–Kier alpha value is -1.43. The molecule has 3 fully saturated rings. The van der Waals surface area contributed by atoms with E-state index in [1.54, 1.807) is 7.11 Å². The second-order valence-corrected chi connectivity index (χ2v) is 7.97. The summed E-state index contributed by atoms with van der Waals surface area (Å²) in [6.45, 7) is 1.16. The monoisotopic (exact) mass is 359 g/mol. The molecule has 0 unspecified atom stereocenters. The van der Waals surface area contributed by atoms with Gasteiger partial charge in [0.05, 0.1) is 36.4 Å². The van der Waals surface area contributed by atoms with Crippen LogP contribution in [0, 0.1) is 0 Å². The Morgan fingerprint density at radius 2 is 2.00 bits per heavy atom. The molecule has 1 aliphatic heterocycles. The first-order valence-corrected chi connectivity index (χ1v) is 9.79. The molecule has 1 N–H and O–H groups in total. The second kappa shape index (κ2) is 6.95. The number of ether oxygens (including phenoxy) is 2. The van der Waals surface area contributed by atoms with Crippen molar-refractivity contribution >= 4 is 5.91 Å². The van der Waals surface area contributed by atoms with Crippen LogP contribution in [0.2, 0.25) is 0 Å². The molecular formula is C21H29NO4. The van der Waals surface area contributed by atoms with Gasteiger partial charge in [0, 0.05) is 13.7 Å². The molecule has 1 saturated heterocycles. The van der Waals surface area contributed by atoms with Gasteiger partial charge >= 0.3 is 0 Å². The molecule has 5 nitrogen and oxygen atoms in total. The standard InChI is InChI=1S/C21H29NO4/c1-25-21-8-7-17(26-14-13-23)15-18(21)22(12-11-21)19(24)20(9-10-20)16-5-3-2-4-6-16/h2-6,17-18,23H,7-15H2,1H3/t17-,18-,21+/m0/s1. The van der Waals surface area contributed by atoms with Gasteiger partial charge in [0.25, 0.3) is 0 Å². The van der Waals surface area contributed by atoms with E-state index in [2.05, 4.69) is 17.0 Å². The molecule has 2 aliphatic carbocycles. The topological polar surface area (TPSA) is 59.0 Å². The molecule has 142 valence electrons. The van der Waals surface area contributed by atoms with Gasteiger partial charge in [0.2, 0.25) is 5.91 Å². The van der Waals surface area contributed by atoms with Crippen LogP contribution in [0.1, 0.15) is 44.1 Å². The number of nitrogens with zero attached hydrogens (tertiary/aromatic N) is 1. The number of hydrogen-bond acceptors (Lipinski definition) is 4. The van der Waals surface area contributed by atoms with Gasteiger partial charge < -0.3 is 19.5 Å². The number of aliphatic hydroxyl groups is 1. The third-order valence-electron chi connectivity index (χ3n) is 6.73. The summed E-state index contributed by atoms with van der Waals surface area (Å²) in [5.41, 5.74) is 0.578. The third-order valence-corrected chi connectivity index (χ3v) is 6.73. The summed E-state index contributed by atoms with van der Waals surface area (Å²) in [7, 11) is 1.78. The quantitative estimate of drug-likeness (QED) is 0.846.